The second kappa shape index (κ2) is 10.2. The lowest BCUT2D eigenvalue weighted by Crippen LogP contribution is -2.32. The van der Waals surface area contributed by atoms with Gasteiger partial charge in [-0.3, -0.25) is 19.2 Å². The SMILES string of the molecule is CC(=O)c1ccc(NC(=O)c2ccc(NC3=C(Cl)C(=O)N(c4ccc(C(C)C)cc4)C3=O)cc2)cc1. The van der Waals surface area contributed by atoms with E-state index in [1.165, 1.54) is 6.92 Å². The van der Waals surface area contributed by atoms with E-state index in [-0.39, 0.29) is 22.4 Å². The van der Waals surface area contributed by atoms with Crippen LogP contribution in [0.2, 0.25) is 0 Å². The molecule has 0 atom stereocenters. The summed E-state index contributed by atoms with van der Waals surface area (Å²) in [6, 6.07) is 20.2. The quantitative estimate of drug-likeness (QED) is 0.320. The van der Waals surface area contributed by atoms with Crippen molar-refractivity contribution in [2.75, 3.05) is 15.5 Å². The van der Waals surface area contributed by atoms with E-state index in [4.69, 9.17) is 11.6 Å². The summed E-state index contributed by atoms with van der Waals surface area (Å²) < 4.78 is 0. The maximum atomic E-state index is 13.0. The van der Waals surface area contributed by atoms with Crippen LogP contribution in [0.3, 0.4) is 0 Å². The number of carbonyl (C=O) groups excluding carboxylic acids is 4. The molecule has 4 rings (SSSR count). The molecule has 8 heteroatoms. The van der Waals surface area contributed by atoms with Crippen molar-refractivity contribution in [2.45, 2.75) is 26.7 Å². The molecule has 0 unspecified atom stereocenters. The largest absolute Gasteiger partial charge is 0.350 e. The summed E-state index contributed by atoms with van der Waals surface area (Å²) in [7, 11) is 0. The van der Waals surface area contributed by atoms with Gasteiger partial charge in [-0.15, -0.1) is 0 Å². The maximum absolute atomic E-state index is 13.0. The van der Waals surface area contributed by atoms with Crippen LogP contribution in [0.1, 0.15) is 53.0 Å². The van der Waals surface area contributed by atoms with Gasteiger partial charge in [0.1, 0.15) is 10.7 Å². The molecule has 182 valence electrons. The Bertz CT molecular complexity index is 1380. The Hall–Kier alpha value is -4.23. The molecule has 1 heterocycles. The minimum atomic E-state index is -0.603. The predicted octanol–water partition coefficient (Wildman–Crippen LogP) is 5.70. The number of hydrogen-bond donors (Lipinski definition) is 2. The highest BCUT2D eigenvalue weighted by molar-refractivity contribution is 6.53. The summed E-state index contributed by atoms with van der Waals surface area (Å²) in [5.74, 6) is -1.23. The second-order valence-electron chi connectivity index (χ2n) is 8.67. The van der Waals surface area contributed by atoms with Crippen LogP contribution < -0.4 is 15.5 Å². The Morgan fingerprint density at radius 3 is 1.89 bits per heavy atom. The molecule has 0 aliphatic carbocycles. The van der Waals surface area contributed by atoms with Gasteiger partial charge in [0, 0.05) is 22.5 Å². The van der Waals surface area contributed by atoms with Crippen LogP contribution in [0, 0.1) is 0 Å². The summed E-state index contributed by atoms with van der Waals surface area (Å²) >= 11 is 6.22. The molecule has 0 saturated carbocycles. The van der Waals surface area contributed by atoms with Crippen LogP contribution in [0.25, 0.3) is 0 Å². The fourth-order valence-electron chi connectivity index (χ4n) is 3.69. The topological polar surface area (TPSA) is 95.6 Å². The first-order valence-corrected chi connectivity index (χ1v) is 11.7. The summed E-state index contributed by atoms with van der Waals surface area (Å²) in [6.07, 6.45) is 0. The summed E-state index contributed by atoms with van der Waals surface area (Å²) in [5, 5.41) is 5.47. The van der Waals surface area contributed by atoms with Gasteiger partial charge in [0.15, 0.2) is 5.78 Å². The third-order valence-corrected chi connectivity index (χ3v) is 6.16. The van der Waals surface area contributed by atoms with Crippen LogP contribution in [-0.4, -0.2) is 23.5 Å². The first-order chi connectivity index (χ1) is 17.2. The number of halogens is 1. The molecule has 0 aromatic heterocycles. The van der Waals surface area contributed by atoms with E-state index >= 15 is 0 Å². The number of hydrogen-bond acceptors (Lipinski definition) is 5. The molecule has 0 spiro atoms. The third-order valence-electron chi connectivity index (χ3n) is 5.81. The van der Waals surface area contributed by atoms with Crippen LogP contribution in [0.4, 0.5) is 17.1 Å². The average molecular weight is 502 g/mol. The molecule has 0 fully saturated rings. The number of anilines is 3. The Morgan fingerprint density at radius 2 is 1.33 bits per heavy atom. The van der Waals surface area contributed by atoms with Gasteiger partial charge >= 0.3 is 0 Å². The maximum Gasteiger partial charge on any atom is 0.283 e. The van der Waals surface area contributed by atoms with Gasteiger partial charge in [-0.1, -0.05) is 37.6 Å². The van der Waals surface area contributed by atoms with Crippen molar-refractivity contribution in [3.8, 4) is 0 Å². The molecular weight excluding hydrogens is 478 g/mol. The summed E-state index contributed by atoms with van der Waals surface area (Å²) in [4.78, 5) is 50.7. The molecule has 3 aromatic rings. The normalized spacial score (nSPS) is 13.4. The van der Waals surface area contributed by atoms with Crippen LogP contribution in [0.5, 0.6) is 0 Å². The van der Waals surface area contributed by atoms with E-state index in [0.29, 0.717) is 34.1 Å². The number of imide groups is 1. The fourth-order valence-corrected chi connectivity index (χ4v) is 3.91. The van der Waals surface area contributed by atoms with Gasteiger partial charge in [0.2, 0.25) is 0 Å². The van der Waals surface area contributed by atoms with E-state index in [1.54, 1.807) is 60.7 Å². The molecule has 1 aliphatic rings. The number of nitrogens with one attached hydrogen (secondary N) is 2. The van der Waals surface area contributed by atoms with Crippen molar-refractivity contribution in [3.63, 3.8) is 0 Å². The molecule has 36 heavy (non-hydrogen) atoms. The van der Waals surface area contributed by atoms with Crippen molar-refractivity contribution in [1.29, 1.82) is 0 Å². The Balaban J connectivity index is 1.44. The minimum absolute atomic E-state index is 0.0302. The number of nitrogens with zero attached hydrogens (tertiary/aromatic N) is 1. The van der Waals surface area contributed by atoms with Crippen LogP contribution in [0.15, 0.2) is 83.5 Å². The van der Waals surface area contributed by atoms with E-state index in [9.17, 15) is 19.2 Å². The van der Waals surface area contributed by atoms with Gasteiger partial charge in [-0.2, -0.15) is 0 Å². The van der Waals surface area contributed by atoms with Crippen molar-refractivity contribution in [1.82, 2.24) is 0 Å². The molecule has 0 radical (unpaired) electrons. The first-order valence-electron chi connectivity index (χ1n) is 11.3. The van der Waals surface area contributed by atoms with Gasteiger partial charge in [0.25, 0.3) is 17.7 Å². The monoisotopic (exact) mass is 501 g/mol. The standard InChI is InChI=1S/C28H24ClN3O4/c1-16(2)18-8-14-23(15-9-18)32-27(35)24(29)25(28(32)36)30-21-12-6-20(7-13-21)26(34)31-22-10-4-19(5-11-22)17(3)33/h4-16,30H,1-3H3,(H,31,34). The van der Waals surface area contributed by atoms with E-state index in [0.717, 1.165) is 10.5 Å². The Morgan fingerprint density at radius 1 is 0.778 bits per heavy atom. The average Bonchev–Trinajstić information content (AvgIpc) is 3.07. The van der Waals surface area contributed by atoms with Gasteiger partial charge in [0.05, 0.1) is 5.69 Å². The van der Waals surface area contributed by atoms with Crippen molar-refractivity contribution in [2.24, 2.45) is 0 Å². The number of ketones is 1. The van der Waals surface area contributed by atoms with Crippen LogP contribution in [-0.2, 0) is 9.59 Å². The second-order valence-corrected chi connectivity index (χ2v) is 9.05. The van der Waals surface area contributed by atoms with Crippen molar-refractivity contribution >= 4 is 52.2 Å². The molecule has 2 N–H and O–H groups in total. The lowest BCUT2D eigenvalue weighted by molar-refractivity contribution is -0.120. The molecule has 0 bridgehead atoms. The molecule has 3 amide bonds. The Labute approximate surface area is 213 Å². The minimum Gasteiger partial charge on any atom is -0.350 e. The zero-order valence-electron chi connectivity index (χ0n) is 20.0. The van der Waals surface area contributed by atoms with Gasteiger partial charge in [-0.05, 0) is 79.1 Å². The number of benzene rings is 3. The number of carbonyl (C=O) groups is 4. The highest BCUT2D eigenvalue weighted by Crippen LogP contribution is 2.31. The molecule has 1 aliphatic heterocycles. The molecule has 7 nitrogen and oxygen atoms in total. The summed E-state index contributed by atoms with van der Waals surface area (Å²) in [6.45, 7) is 5.59. The van der Waals surface area contributed by atoms with Gasteiger partial charge in [-0.25, -0.2) is 4.90 Å². The molecular formula is C28H24ClN3O4. The highest BCUT2D eigenvalue weighted by atomic mass is 35.5. The van der Waals surface area contributed by atoms with E-state index in [1.807, 2.05) is 12.1 Å². The predicted molar refractivity (Wildman–Crippen MR) is 140 cm³/mol. The lowest BCUT2D eigenvalue weighted by atomic mass is 10.0. The molecule has 0 saturated heterocycles. The fraction of sp³-hybridized carbons (Fsp3) is 0.143. The number of amides is 3. The van der Waals surface area contributed by atoms with Crippen LogP contribution >= 0.6 is 11.6 Å². The van der Waals surface area contributed by atoms with Gasteiger partial charge < -0.3 is 10.6 Å². The van der Waals surface area contributed by atoms with Crippen molar-refractivity contribution in [3.05, 3.63) is 100 Å². The number of rotatable bonds is 7. The lowest BCUT2D eigenvalue weighted by Gasteiger charge is -2.16. The van der Waals surface area contributed by atoms with E-state index in [2.05, 4.69) is 24.5 Å². The Kier molecular flexibility index (Phi) is 7.03. The third kappa shape index (κ3) is 5.06. The highest BCUT2D eigenvalue weighted by Gasteiger charge is 2.39. The van der Waals surface area contributed by atoms with Crippen molar-refractivity contribution < 1.29 is 19.2 Å². The first kappa shape index (κ1) is 24.9. The zero-order chi connectivity index (χ0) is 26.0. The summed E-state index contributed by atoms with van der Waals surface area (Å²) in [5.41, 5.74) is 3.49. The van der Waals surface area contributed by atoms with E-state index < -0.39 is 11.8 Å². The smallest absolute Gasteiger partial charge is 0.283 e. The molecule has 3 aromatic carbocycles. The zero-order valence-corrected chi connectivity index (χ0v) is 20.7. The number of Topliss-reactive ketones (excluding diaryl/α,β-unsaturated/α-hetero) is 1.